The minimum atomic E-state index is -0.648. The molecule has 0 spiro atoms. The molecule has 2 rings (SSSR count). The summed E-state index contributed by atoms with van der Waals surface area (Å²) in [4.78, 5) is 15.0. The zero-order chi connectivity index (χ0) is 13.1. The van der Waals surface area contributed by atoms with Gasteiger partial charge in [-0.2, -0.15) is 0 Å². The Hall–Kier alpha value is -2.44. The number of nitrogens with zero attached hydrogens (tertiary/aromatic N) is 4. The average molecular weight is 246 g/mol. The molecule has 2 heterocycles. The van der Waals surface area contributed by atoms with Gasteiger partial charge in [-0.15, -0.1) is 10.2 Å². The maximum absolute atomic E-state index is 10.8. The van der Waals surface area contributed by atoms with Crippen molar-refractivity contribution in [2.24, 2.45) is 5.73 Å². The Morgan fingerprint density at radius 2 is 2.22 bits per heavy atom. The molecule has 0 aliphatic rings. The topological polar surface area (TPSA) is 98.7 Å². The first kappa shape index (κ1) is 12.0. The average Bonchev–Trinajstić information content (AvgIpc) is 2.77. The van der Waals surface area contributed by atoms with E-state index in [-0.39, 0.29) is 6.04 Å². The molecule has 7 nitrogen and oxygen atoms in total. The SMILES string of the molecule is CC(C)n1cnnc1-c1cccc(NC(N)=O)n1. The molecule has 0 atom stereocenters. The smallest absolute Gasteiger partial charge is 0.317 e. The molecule has 0 bridgehead atoms. The lowest BCUT2D eigenvalue weighted by molar-refractivity contribution is 0.259. The first-order chi connectivity index (χ1) is 8.58. The number of carbonyl (C=O) groups is 1. The molecule has 94 valence electrons. The molecule has 18 heavy (non-hydrogen) atoms. The Kier molecular flexibility index (Phi) is 3.22. The highest BCUT2D eigenvalue weighted by atomic mass is 16.2. The number of hydrogen-bond donors (Lipinski definition) is 2. The molecule has 0 unspecified atom stereocenters. The lowest BCUT2D eigenvalue weighted by Crippen LogP contribution is -2.20. The summed E-state index contributed by atoms with van der Waals surface area (Å²) in [5.74, 6) is 1.04. The zero-order valence-corrected chi connectivity index (χ0v) is 10.2. The number of amides is 2. The van der Waals surface area contributed by atoms with Gasteiger partial charge in [0.2, 0.25) is 0 Å². The minimum Gasteiger partial charge on any atom is -0.351 e. The number of rotatable bonds is 3. The van der Waals surface area contributed by atoms with Crippen molar-refractivity contribution >= 4 is 11.8 Å². The normalized spacial score (nSPS) is 10.6. The summed E-state index contributed by atoms with van der Waals surface area (Å²) in [7, 11) is 0. The summed E-state index contributed by atoms with van der Waals surface area (Å²) in [5, 5.41) is 10.3. The van der Waals surface area contributed by atoms with Gasteiger partial charge in [-0.25, -0.2) is 9.78 Å². The molecule has 0 aliphatic carbocycles. The van der Waals surface area contributed by atoms with Crippen molar-refractivity contribution in [2.75, 3.05) is 5.32 Å². The van der Waals surface area contributed by atoms with Gasteiger partial charge < -0.3 is 10.3 Å². The molecule has 2 aromatic rings. The van der Waals surface area contributed by atoms with Crippen LogP contribution in [0.15, 0.2) is 24.5 Å². The van der Waals surface area contributed by atoms with E-state index in [9.17, 15) is 4.79 Å². The fourth-order valence-corrected chi connectivity index (χ4v) is 1.56. The molecule has 0 saturated carbocycles. The summed E-state index contributed by atoms with van der Waals surface area (Å²) in [6, 6.07) is 4.81. The van der Waals surface area contributed by atoms with Crippen molar-refractivity contribution in [1.82, 2.24) is 19.7 Å². The summed E-state index contributed by atoms with van der Waals surface area (Å²) >= 11 is 0. The van der Waals surface area contributed by atoms with Crippen molar-refractivity contribution in [2.45, 2.75) is 19.9 Å². The molecule has 0 aliphatic heterocycles. The highest BCUT2D eigenvalue weighted by molar-refractivity contribution is 5.86. The van der Waals surface area contributed by atoms with E-state index < -0.39 is 6.03 Å². The largest absolute Gasteiger partial charge is 0.351 e. The number of nitrogens with two attached hydrogens (primary N) is 1. The van der Waals surface area contributed by atoms with Crippen LogP contribution in [0.4, 0.5) is 10.6 Å². The van der Waals surface area contributed by atoms with Crippen molar-refractivity contribution < 1.29 is 4.79 Å². The van der Waals surface area contributed by atoms with Crippen molar-refractivity contribution in [3.05, 3.63) is 24.5 Å². The Morgan fingerprint density at radius 1 is 1.44 bits per heavy atom. The summed E-state index contributed by atoms with van der Waals surface area (Å²) in [6.45, 7) is 4.05. The molecular weight excluding hydrogens is 232 g/mol. The van der Waals surface area contributed by atoms with Gasteiger partial charge in [0.25, 0.3) is 0 Å². The Bertz CT molecular complexity index is 562. The van der Waals surface area contributed by atoms with Crippen LogP contribution in [-0.4, -0.2) is 25.8 Å². The van der Waals surface area contributed by atoms with Gasteiger partial charge in [0.05, 0.1) is 0 Å². The monoisotopic (exact) mass is 246 g/mol. The number of hydrogen-bond acceptors (Lipinski definition) is 4. The van der Waals surface area contributed by atoms with Crippen LogP contribution in [0.1, 0.15) is 19.9 Å². The number of pyridine rings is 1. The van der Waals surface area contributed by atoms with E-state index in [1.807, 2.05) is 18.4 Å². The van der Waals surface area contributed by atoms with E-state index in [1.165, 1.54) is 0 Å². The van der Waals surface area contributed by atoms with E-state index in [1.54, 1.807) is 24.5 Å². The van der Waals surface area contributed by atoms with Crippen molar-refractivity contribution in [3.8, 4) is 11.5 Å². The van der Waals surface area contributed by atoms with Gasteiger partial charge in [0.15, 0.2) is 5.82 Å². The van der Waals surface area contributed by atoms with Crippen LogP contribution in [0.2, 0.25) is 0 Å². The molecule has 3 N–H and O–H groups in total. The molecule has 7 heteroatoms. The van der Waals surface area contributed by atoms with Gasteiger partial charge in [0, 0.05) is 6.04 Å². The first-order valence-corrected chi connectivity index (χ1v) is 5.51. The quantitative estimate of drug-likeness (QED) is 0.855. The molecule has 0 aromatic carbocycles. The second-order valence-electron chi connectivity index (χ2n) is 4.05. The minimum absolute atomic E-state index is 0.226. The van der Waals surface area contributed by atoms with E-state index >= 15 is 0 Å². The number of carbonyl (C=O) groups excluding carboxylic acids is 1. The Labute approximate surface area is 104 Å². The Balaban J connectivity index is 2.38. The fraction of sp³-hybridized carbons (Fsp3) is 0.273. The molecule has 0 saturated heterocycles. The number of aromatic nitrogens is 4. The van der Waals surface area contributed by atoms with E-state index in [0.29, 0.717) is 17.3 Å². The summed E-state index contributed by atoms with van der Waals surface area (Å²) in [6.07, 6.45) is 1.65. The molecule has 0 radical (unpaired) electrons. The third-order valence-corrected chi connectivity index (χ3v) is 2.36. The van der Waals surface area contributed by atoms with Gasteiger partial charge in [-0.1, -0.05) is 6.07 Å². The van der Waals surface area contributed by atoms with Crippen LogP contribution in [0.5, 0.6) is 0 Å². The third-order valence-electron chi connectivity index (χ3n) is 2.36. The highest BCUT2D eigenvalue weighted by Gasteiger charge is 2.11. The van der Waals surface area contributed by atoms with Gasteiger partial charge in [-0.05, 0) is 26.0 Å². The van der Waals surface area contributed by atoms with Crippen LogP contribution in [0, 0.1) is 0 Å². The first-order valence-electron chi connectivity index (χ1n) is 5.51. The molecule has 2 amide bonds. The standard InChI is InChI=1S/C11H14N6O/c1-7(2)17-6-13-16-10(17)8-4-3-5-9(14-8)15-11(12)18/h3-7H,1-2H3,(H3,12,14,15,18). The number of nitrogens with one attached hydrogen (secondary N) is 1. The van der Waals surface area contributed by atoms with E-state index in [2.05, 4.69) is 20.5 Å². The van der Waals surface area contributed by atoms with Gasteiger partial charge in [-0.3, -0.25) is 5.32 Å². The van der Waals surface area contributed by atoms with Crippen LogP contribution >= 0.6 is 0 Å². The fourth-order valence-electron chi connectivity index (χ4n) is 1.56. The predicted octanol–water partition coefficient (Wildman–Crippen LogP) is 1.41. The molecule has 2 aromatic heterocycles. The number of urea groups is 1. The van der Waals surface area contributed by atoms with Crippen LogP contribution in [0.25, 0.3) is 11.5 Å². The zero-order valence-electron chi connectivity index (χ0n) is 10.2. The highest BCUT2D eigenvalue weighted by Crippen LogP contribution is 2.19. The summed E-state index contributed by atoms with van der Waals surface area (Å²) < 4.78 is 1.90. The lowest BCUT2D eigenvalue weighted by atomic mass is 10.3. The van der Waals surface area contributed by atoms with Crippen molar-refractivity contribution in [1.29, 1.82) is 0 Å². The van der Waals surface area contributed by atoms with Gasteiger partial charge >= 0.3 is 6.03 Å². The molecule has 0 fully saturated rings. The molecular formula is C11H14N6O. The summed E-state index contributed by atoms with van der Waals surface area (Å²) in [5.41, 5.74) is 5.68. The van der Waals surface area contributed by atoms with E-state index in [0.717, 1.165) is 0 Å². The number of primary amides is 1. The predicted molar refractivity (Wildman–Crippen MR) is 66.8 cm³/mol. The Morgan fingerprint density at radius 3 is 2.89 bits per heavy atom. The van der Waals surface area contributed by atoms with Gasteiger partial charge in [0.1, 0.15) is 17.8 Å². The second-order valence-corrected chi connectivity index (χ2v) is 4.05. The second kappa shape index (κ2) is 4.82. The van der Waals surface area contributed by atoms with Crippen LogP contribution in [-0.2, 0) is 0 Å². The van der Waals surface area contributed by atoms with Crippen LogP contribution in [0.3, 0.4) is 0 Å². The van der Waals surface area contributed by atoms with Crippen LogP contribution < -0.4 is 11.1 Å². The van der Waals surface area contributed by atoms with Crippen molar-refractivity contribution in [3.63, 3.8) is 0 Å². The number of anilines is 1. The van der Waals surface area contributed by atoms with E-state index in [4.69, 9.17) is 5.73 Å². The maximum Gasteiger partial charge on any atom is 0.317 e. The third kappa shape index (κ3) is 2.45. The lowest BCUT2D eigenvalue weighted by Gasteiger charge is -2.10. The maximum atomic E-state index is 10.8.